The molecule has 0 aromatic heterocycles. The van der Waals surface area contributed by atoms with Gasteiger partial charge in [0.05, 0.1) is 0 Å². The van der Waals surface area contributed by atoms with Crippen LogP contribution in [0.15, 0.2) is 18.2 Å². The van der Waals surface area contributed by atoms with Gasteiger partial charge in [-0.2, -0.15) is 0 Å². The van der Waals surface area contributed by atoms with Gasteiger partial charge < -0.3 is 11.1 Å². The first-order valence-corrected chi connectivity index (χ1v) is 6.18. The summed E-state index contributed by atoms with van der Waals surface area (Å²) in [4.78, 5) is 0. The molecule has 4 heteroatoms. The van der Waals surface area contributed by atoms with Gasteiger partial charge in [-0.3, -0.25) is 0 Å². The van der Waals surface area contributed by atoms with Crippen molar-refractivity contribution in [3.8, 4) is 0 Å². The highest BCUT2D eigenvalue weighted by Crippen LogP contribution is 2.25. The quantitative estimate of drug-likeness (QED) is 0.853. The molecule has 0 fully saturated rings. The fourth-order valence-electron chi connectivity index (χ4n) is 1.48. The van der Waals surface area contributed by atoms with Crippen LogP contribution in [0.2, 0.25) is 10.0 Å². The van der Waals surface area contributed by atoms with Crippen LogP contribution >= 0.6 is 23.2 Å². The van der Waals surface area contributed by atoms with E-state index in [9.17, 15) is 0 Å². The molecule has 0 amide bonds. The summed E-state index contributed by atoms with van der Waals surface area (Å²) in [5.41, 5.74) is 6.75. The van der Waals surface area contributed by atoms with Gasteiger partial charge in [0.15, 0.2) is 0 Å². The van der Waals surface area contributed by atoms with Gasteiger partial charge in [-0.25, -0.2) is 0 Å². The summed E-state index contributed by atoms with van der Waals surface area (Å²) >= 11 is 12.0. The molecule has 1 atom stereocenters. The van der Waals surface area contributed by atoms with Crippen LogP contribution in [0.25, 0.3) is 0 Å². The van der Waals surface area contributed by atoms with Gasteiger partial charge in [0.25, 0.3) is 0 Å². The van der Waals surface area contributed by atoms with E-state index in [1.54, 1.807) is 6.07 Å². The molecule has 0 heterocycles. The molecule has 1 unspecified atom stereocenters. The third kappa shape index (κ3) is 3.95. The van der Waals surface area contributed by atoms with E-state index >= 15 is 0 Å². The van der Waals surface area contributed by atoms with E-state index in [-0.39, 0.29) is 6.04 Å². The lowest BCUT2D eigenvalue weighted by atomic mass is 10.1. The van der Waals surface area contributed by atoms with Crippen molar-refractivity contribution in [1.29, 1.82) is 0 Å². The van der Waals surface area contributed by atoms with Gasteiger partial charge in [-0.15, -0.1) is 0 Å². The molecule has 0 spiro atoms. The summed E-state index contributed by atoms with van der Waals surface area (Å²) in [5, 5.41) is 4.71. The van der Waals surface area contributed by atoms with Crippen molar-refractivity contribution in [2.75, 3.05) is 13.1 Å². The normalized spacial score (nSPS) is 13.1. The van der Waals surface area contributed by atoms with Crippen LogP contribution < -0.4 is 11.1 Å². The zero-order chi connectivity index (χ0) is 12.1. The fraction of sp³-hybridized carbons (Fsp3) is 0.500. The summed E-state index contributed by atoms with van der Waals surface area (Å²) in [6.07, 6.45) is 0. The lowest BCUT2D eigenvalue weighted by molar-refractivity contribution is 0.479. The van der Waals surface area contributed by atoms with Crippen molar-refractivity contribution in [2.24, 2.45) is 11.7 Å². The second kappa shape index (κ2) is 6.45. The van der Waals surface area contributed by atoms with Gasteiger partial charge in [0.1, 0.15) is 0 Å². The average Bonchev–Trinajstić information content (AvgIpc) is 2.21. The maximum atomic E-state index is 6.14. The molecule has 16 heavy (non-hydrogen) atoms. The van der Waals surface area contributed by atoms with Crippen molar-refractivity contribution in [2.45, 2.75) is 19.9 Å². The lowest BCUT2D eigenvalue weighted by Gasteiger charge is -2.20. The Balaban J connectivity index is 2.78. The Hall–Kier alpha value is -0.280. The minimum atomic E-state index is 0.0900. The molecule has 2 nitrogen and oxygen atoms in total. The zero-order valence-corrected chi connectivity index (χ0v) is 11.1. The van der Waals surface area contributed by atoms with Crippen molar-refractivity contribution >= 4 is 23.2 Å². The van der Waals surface area contributed by atoms with Crippen molar-refractivity contribution in [1.82, 2.24) is 5.32 Å². The molecule has 0 radical (unpaired) electrons. The van der Waals surface area contributed by atoms with E-state index in [0.717, 1.165) is 12.1 Å². The largest absolute Gasteiger partial charge is 0.329 e. The van der Waals surface area contributed by atoms with E-state index in [2.05, 4.69) is 19.2 Å². The number of hydrogen-bond acceptors (Lipinski definition) is 2. The Labute approximate surface area is 107 Å². The van der Waals surface area contributed by atoms with Crippen molar-refractivity contribution in [3.63, 3.8) is 0 Å². The maximum Gasteiger partial charge on any atom is 0.0469 e. The fourth-order valence-corrected chi connectivity index (χ4v) is 2.02. The molecule has 90 valence electrons. The van der Waals surface area contributed by atoms with Gasteiger partial charge >= 0.3 is 0 Å². The van der Waals surface area contributed by atoms with Gasteiger partial charge in [0.2, 0.25) is 0 Å². The maximum absolute atomic E-state index is 6.14. The summed E-state index contributed by atoms with van der Waals surface area (Å²) in [5.74, 6) is 0.583. The molecule has 0 bridgehead atoms. The van der Waals surface area contributed by atoms with Crippen LogP contribution in [-0.2, 0) is 0 Å². The SMILES string of the molecule is CC(C)CNC(CN)c1ccc(Cl)cc1Cl. The van der Waals surface area contributed by atoms with E-state index in [1.807, 2.05) is 12.1 Å². The van der Waals surface area contributed by atoms with E-state index < -0.39 is 0 Å². The lowest BCUT2D eigenvalue weighted by Crippen LogP contribution is -2.31. The molecule has 0 saturated carbocycles. The first-order valence-electron chi connectivity index (χ1n) is 5.43. The van der Waals surface area contributed by atoms with E-state index in [0.29, 0.717) is 22.5 Å². The van der Waals surface area contributed by atoms with Gasteiger partial charge in [-0.05, 0) is 30.2 Å². The average molecular weight is 261 g/mol. The molecular formula is C12H18Cl2N2. The van der Waals surface area contributed by atoms with Crippen LogP contribution in [0.3, 0.4) is 0 Å². The molecule has 0 aliphatic rings. The number of benzene rings is 1. The highest BCUT2D eigenvalue weighted by Gasteiger charge is 2.13. The van der Waals surface area contributed by atoms with Crippen LogP contribution in [0.5, 0.6) is 0 Å². The molecule has 0 aliphatic heterocycles. The number of hydrogen-bond donors (Lipinski definition) is 2. The smallest absolute Gasteiger partial charge is 0.0469 e. The molecular weight excluding hydrogens is 243 g/mol. The van der Waals surface area contributed by atoms with Gasteiger partial charge in [-0.1, -0.05) is 43.1 Å². The van der Waals surface area contributed by atoms with Crippen LogP contribution in [0, 0.1) is 5.92 Å². The Morgan fingerprint density at radius 1 is 1.31 bits per heavy atom. The van der Waals surface area contributed by atoms with Gasteiger partial charge in [0, 0.05) is 22.6 Å². The minimum absolute atomic E-state index is 0.0900. The first kappa shape index (κ1) is 13.8. The van der Waals surface area contributed by atoms with Crippen molar-refractivity contribution < 1.29 is 0 Å². The van der Waals surface area contributed by atoms with E-state index in [4.69, 9.17) is 28.9 Å². The third-order valence-electron chi connectivity index (χ3n) is 2.35. The summed E-state index contributed by atoms with van der Waals surface area (Å²) in [6, 6.07) is 5.60. The zero-order valence-electron chi connectivity index (χ0n) is 9.63. The first-order chi connectivity index (χ1) is 7.54. The Kier molecular flexibility index (Phi) is 5.56. The van der Waals surface area contributed by atoms with E-state index in [1.165, 1.54) is 0 Å². The van der Waals surface area contributed by atoms with Crippen LogP contribution in [-0.4, -0.2) is 13.1 Å². The van der Waals surface area contributed by atoms with Crippen molar-refractivity contribution in [3.05, 3.63) is 33.8 Å². The highest BCUT2D eigenvalue weighted by molar-refractivity contribution is 6.35. The Bertz CT molecular complexity index is 340. The van der Waals surface area contributed by atoms with Crippen LogP contribution in [0.4, 0.5) is 0 Å². The monoisotopic (exact) mass is 260 g/mol. The molecule has 3 N–H and O–H groups in total. The number of nitrogens with two attached hydrogens (primary N) is 1. The molecule has 1 aromatic carbocycles. The second-order valence-electron chi connectivity index (χ2n) is 4.26. The third-order valence-corrected chi connectivity index (χ3v) is 2.91. The number of halogens is 2. The number of nitrogens with one attached hydrogen (secondary N) is 1. The predicted octanol–water partition coefficient (Wildman–Crippen LogP) is 3.24. The predicted molar refractivity (Wildman–Crippen MR) is 71.1 cm³/mol. The Morgan fingerprint density at radius 3 is 2.50 bits per heavy atom. The minimum Gasteiger partial charge on any atom is -0.329 e. The Morgan fingerprint density at radius 2 is 2.00 bits per heavy atom. The topological polar surface area (TPSA) is 38.0 Å². The molecule has 1 aromatic rings. The number of rotatable bonds is 5. The second-order valence-corrected chi connectivity index (χ2v) is 5.10. The molecule has 0 saturated heterocycles. The summed E-state index contributed by atoms with van der Waals surface area (Å²) in [6.45, 7) is 5.75. The molecule has 0 aliphatic carbocycles. The molecule has 1 rings (SSSR count). The summed E-state index contributed by atoms with van der Waals surface area (Å²) < 4.78 is 0. The summed E-state index contributed by atoms with van der Waals surface area (Å²) in [7, 11) is 0. The highest BCUT2D eigenvalue weighted by atomic mass is 35.5. The van der Waals surface area contributed by atoms with Crippen LogP contribution in [0.1, 0.15) is 25.5 Å². The standard InChI is InChI=1S/C12H18Cl2N2/c1-8(2)7-16-12(6-15)10-4-3-9(13)5-11(10)14/h3-5,8,12,16H,6-7,15H2,1-2H3.